The van der Waals surface area contributed by atoms with E-state index in [0.717, 1.165) is 5.56 Å². The van der Waals surface area contributed by atoms with Gasteiger partial charge in [0.2, 0.25) is 5.91 Å². The molecule has 0 aliphatic carbocycles. The number of carbonyl (C=O) groups excluding carboxylic acids is 3. The van der Waals surface area contributed by atoms with Crippen molar-refractivity contribution in [3.8, 4) is 5.75 Å². The molecular formula is C17H21BrN2O4. The fraction of sp³-hybridized carbons (Fsp3) is 0.471. The van der Waals surface area contributed by atoms with Crippen molar-refractivity contribution in [2.24, 2.45) is 5.92 Å². The Hall–Kier alpha value is -1.89. The van der Waals surface area contributed by atoms with Crippen LogP contribution in [0.1, 0.15) is 19.4 Å². The summed E-state index contributed by atoms with van der Waals surface area (Å²) in [6, 6.07) is 5.77. The van der Waals surface area contributed by atoms with Gasteiger partial charge in [-0.25, -0.2) is 0 Å². The summed E-state index contributed by atoms with van der Waals surface area (Å²) < 4.78 is 5.43. The van der Waals surface area contributed by atoms with Crippen LogP contribution in [0.25, 0.3) is 0 Å². The van der Waals surface area contributed by atoms with Crippen molar-refractivity contribution >= 4 is 33.5 Å². The number of fused-ring (bicyclic) bond motifs is 10. The monoisotopic (exact) mass is 396 g/mol. The van der Waals surface area contributed by atoms with E-state index in [1.54, 1.807) is 12.1 Å². The van der Waals surface area contributed by atoms with E-state index >= 15 is 0 Å². The van der Waals surface area contributed by atoms with Crippen molar-refractivity contribution < 1.29 is 19.1 Å². The first kappa shape index (κ1) is 18.4. The first-order valence-corrected chi connectivity index (χ1v) is 8.93. The minimum Gasteiger partial charge on any atom is -0.484 e. The second-order valence-corrected chi connectivity index (χ2v) is 6.65. The highest BCUT2D eigenvalue weighted by Crippen LogP contribution is 2.15. The van der Waals surface area contributed by atoms with Crippen LogP contribution in [0.4, 0.5) is 0 Å². The van der Waals surface area contributed by atoms with Crippen LogP contribution in [0, 0.1) is 5.92 Å². The third-order valence-corrected chi connectivity index (χ3v) is 4.39. The highest BCUT2D eigenvalue weighted by Gasteiger charge is 2.29. The standard InChI is InChI=1S/C17H21BrN2O4/c1-10(2)16-17(23)19-13(14(21)8-18)7-11-3-5-12(6-4-11)24-9-15(22)20-16/h3-6,10,13,16H,7-9H2,1-2H3,(H,19,23)(H,20,22)/t13?,16-/m0/s1. The maximum atomic E-state index is 12.6. The van der Waals surface area contributed by atoms with E-state index < -0.39 is 12.1 Å². The predicted octanol–water partition coefficient (Wildman–Crippen LogP) is 1.21. The molecule has 0 fully saturated rings. The number of hydrogen-bond acceptors (Lipinski definition) is 4. The van der Waals surface area contributed by atoms with Crippen molar-refractivity contribution in [1.82, 2.24) is 10.6 Å². The molecule has 1 unspecified atom stereocenters. The van der Waals surface area contributed by atoms with E-state index in [1.165, 1.54) is 0 Å². The summed E-state index contributed by atoms with van der Waals surface area (Å²) >= 11 is 3.16. The van der Waals surface area contributed by atoms with Gasteiger partial charge in [0.15, 0.2) is 12.4 Å². The van der Waals surface area contributed by atoms with Crippen LogP contribution in [0.15, 0.2) is 24.3 Å². The van der Waals surface area contributed by atoms with E-state index in [0.29, 0.717) is 12.2 Å². The summed E-state index contributed by atoms with van der Waals surface area (Å²) in [6.45, 7) is 3.50. The summed E-state index contributed by atoms with van der Waals surface area (Å²) in [5.74, 6) is -0.417. The number of rotatable bonds is 3. The Labute approximate surface area is 149 Å². The molecule has 0 saturated heterocycles. The third kappa shape index (κ3) is 4.80. The van der Waals surface area contributed by atoms with Crippen LogP contribution in [0.5, 0.6) is 5.75 Å². The normalized spacial score (nSPS) is 21.8. The number of halogens is 1. The second-order valence-electron chi connectivity index (χ2n) is 6.09. The number of hydrogen-bond donors (Lipinski definition) is 2. The molecule has 1 aromatic rings. The van der Waals surface area contributed by atoms with E-state index in [9.17, 15) is 14.4 Å². The van der Waals surface area contributed by atoms with Crippen molar-refractivity contribution in [1.29, 1.82) is 0 Å². The van der Waals surface area contributed by atoms with Gasteiger partial charge in [-0.2, -0.15) is 0 Å². The van der Waals surface area contributed by atoms with E-state index in [1.807, 2.05) is 26.0 Å². The van der Waals surface area contributed by atoms with Crippen LogP contribution < -0.4 is 15.4 Å². The Balaban J connectivity index is 2.32. The largest absolute Gasteiger partial charge is 0.484 e. The SMILES string of the molecule is CC(C)[C@@H]1NC(=O)COc2ccc(cc2)CC(C(=O)CBr)NC1=O. The molecule has 7 heteroatoms. The van der Waals surface area contributed by atoms with Crippen LogP contribution in [-0.4, -0.2) is 41.6 Å². The average molecular weight is 397 g/mol. The second kappa shape index (κ2) is 8.28. The number of benzene rings is 1. The molecule has 2 atom stereocenters. The fourth-order valence-electron chi connectivity index (χ4n) is 2.46. The minimum atomic E-state index is -0.721. The number of ketones is 1. The summed E-state index contributed by atoms with van der Waals surface area (Å²) in [7, 11) is 0. The zero-order chi connectivity index (χ0) is 17.7. The summed E-state index contributed by atoms with van der Waals surface area (Å²) in [6.07, 6.45) is 0.384. The Bertz CT molecular complexity index is 616. The van der Waals surface area contributed by atoms with Gasteiger partial charge in [0.25, 0.3) is 5.91 Å². The fourth-order valence-corrected chi connectivity index (χ4v) is 2.85. The molecule has 130 valence electrons. The van der Waals surface area contributed by atoms with Gasteiger partial charge in [-0.15, -0.1) is 0 Å². The minimum absolute atomic E-state index is 0.118. The molecule has 0 spiro atoms. The molecular weight excluding hydrogens is 376 g/mol. The third-order valence-electron chi connectivity index (χ3n) is 3.84. The van der Waals surface area contributed by atoms with Gasteiger partial charge < -0.3 is 15.4 Å². The van der Waals surface area contributed by atoms with Gasteiger partial charge in [-0.3, -0.25) is 14.4 Å². The lowest BCUT2D eigenvalue weighted by atomic mass is 10.00. The van der Waals surface area contributed by atoms with E-state index in [-0.39, 0.29) is 35.5 Å². The maximum absolute atomic E-state index is 12.6. The Morgan fingerprint density at radius 1 is 1.25 bits per heavy atom. The van der Waals surface area contributed by atoms with Crippen LogP contribution in [-0.2, 0) is 20.8 Å². The smallest absolute Gasteiger partial charge is 0.258 e. The number of carbonyl (C=O) groups is 3. The summed E-state index contributed by atoms with van der Waals surface area (Å²) in [5, 5.41) is 5.59. The molecule has 2 heterocycles. The first-order chi connectivity index (χ1) is 11.4. The predicted molar refractivity (Wildman–Crippen MR) is 93.1 cm³/mol. The van der Waals surface area contributed by atoms with Crippen molar-refractivity contribution in [3.63, 3.8) is 0 Å². The lowest BCUT2D eigenvalue weighted by Crippen LogP contribution is -2.55. The molecule has 2 amide bonds. The van der Waals surface area contributed by atoms with E-state index in [2.05, 4.69) is 26.6 Å². The van der Waals surface area contributed by atoms with Crippen LogP contribution in [0.2, 0.25) is 0 Å². The highest BCUT2D eigenvalue weighted by molar-refractivity contribution is 9.09. The molecule has 24 heavy (non-hydrogen) atoms. The van der Waals surface area contributed by atoms with Gasteiger partial charge in [0.05, 0.1) is 11.4 Å². The van der Waals surface area contributed by atoms with Crippen molar-refractivity contribution in [2.45, 2.75) is 32.4 Å². The quantitative estimate of drug-likeness (QED) is 0.593. The van der Waals surface area contributed by atoms with Crippen molar-refractivity contribution in [3.05, 3.63) is 29.8 Å². The molecule has 2 N–H and O–H groups in total. The molecule has 2 bridgehead atoms. The topological polar surface area (TPSA) is 84.5 Å². The van der Waals surface area contributed by atoms with Gasteiger partial charge in [-0.05, 0) is 30.0 Å². The highest BCUT2D eigenvalue weighted by atomic mass is 79.9. The molecule has 2 aliphatic heterocycles. The van der Waals surface area contributed by atoms with Crippen LogP contribution >= 0.6 is 15.9 Å². The average Bonchev–Trinajstić information content (AvgIpc) is 2.58. The molecule has 3 rings (SSSR count). The van der Waals surface area contributed by atoms with Gasteiger partial charge in [-0.1, -0.05) is 41.9 Å². The van der Waals surface area contributed by atoms with Gasteiger partial charge in [0.1, 0.15) is 11.8 Å². The number of Topliss-reactive ketones (excluding diaryl/α,β-unsaturated/α-hetero) is 1. The van der Waals surface area contributed by atoms with Crippen molar-refractivity contribution in [2.75, 3.05) is 11.9 Å². The van der Waals surface area contributed by atoms with Gasteiger partial charge >= 0.3 is 0 Å². The number of amides is 2. The molecule has 1 aromatic carbocycles. The number of alkyl halides is 1. The lowest BCUT2D eigenvalue weighted by molar-refractivity contribution is -0.132. The summed E-state index contributed by atoms with van der Waals surface area (Å²) in [4.78, 5) is 36.8. The molecule has 2 aliphatic rings. The zero-order valence-electron chi connectivity index (χ0n) is 13.7. The number of ether oxygens (including phenoxy) is 1. The lowest BCUT2D eigenvalue weighted by Gasteiger charge is -2.24. The van der Waals surface area contributed by atoms with Crippen LogP contribution in [0.3, 0.4) is 0 Å². The van der Waals surface area contributed by atoms with Gasteiger partial charge in [0, 0.05) is 0 Å². The van der Waals surface area contributed by atoms with E-state index in [4.69, 9.17) is 4.74 Å². The molecule has 0 aromatic heterocycles. The zero-order valence-corrected chi connectivity index (χ0v) is 15.3. The molecule has 6 nitrogen and oxygen atoms in total. The Kier molecular flexibility index (Phi) is 6.36. The summed E-state index contributed by atoms with van der Waals surface area (Å²) in [5.41, 5.74) is 0.904. The molecule has 0 saturated carbocycles. The Morgan fingerprint density at radius 2 is 1.92 bits per heavy atom. The number of nitrogens with one attached hydrogen (secondary N) is 2. The Morgan fingerprint density at radius 3 is 2.50 bits per heavy atom. The maximum Gasteiger partial charge on any atom is 0.258 e. The first-order valence-electron chi connectivity index (χ1n) is 7.81. The molecule has 0 radical (unpaired) electrons.